The maximum absolute atomic E-state index is 4.09. The quantitative estimate of drug-likeness (QED) is 0.579. The number of aryl methyl sites for hydroxylation is 1. The van der Waals surface area contributed by atoms with Gasteiger partial charge in [-0.25, -0.2) is 0 Å². The molecule has 1 aromatic rings. The Hall–Kier alpha value is -0.900. The molecule has 0 spiro atoms. The smallest absolute Gasteiger partial charge is 0.149 e. The summed E-state index contributed by atoms with van der Waals surface area (Å²) in [4.78, 5) is 0. The van der Waals surface area contributed by atoms with E-state index in [-0.39, 0.29) is 0 Å². The van der Waals surface area contributed by atoms with Crippen molar-refractivity contribution in [3.05, 3.63) is 11.6 Å². The van der Waals surface area contributed by atoms with Gasteiger partial charge in [-0.3, -0.25) is 0 Å². The summed E-state index contributed by atoms with van der Waals surface area (Å²) in [5.74, 6) is 2.09. The third kappa shape index (κ3) is 0.939. The van der Waals surface area contributed by atoms with Crippen LogP contribution in [-0.2, 0) is 6.54 Å². The van der Waals surface area contributed by atoms with Gasteiger partial charge >= 0.3 is 0 Å². The van der Waals surface area contributed by atoms with Crippen molar-refractivity contribution in [3.8, 4) is 0 Å². The Kier molecular flexibility index (Phi) is 1.42. The summed E-state index contributed by atoms with van der Waals surface area (Å²) in [5, 5.41) is 11.4. The fourth-order valence-corrected chi connectivity index (χ4v) is 1.48. The standard InChI is InChI=1S/C7H12N4/c1-5-7-10-9-6(2)11(7)4-3-8-5/h5,8H,3-4H2,1-2H3. The molecule has 1 N–H and O–H groups in total. The molecule has 1 aromatic heterocycles. The maximum Gasteiger partial charge on any atom is 0.149 e. The van der Waals surface area contributed by atoms with E-state index in [4.69, 9.17) is 0 Å². The molecular formula is C7H12N4. The van der Waals surface area contributed by atoms with E-state index in [1.165, 1.54) is 0 Å². The van der Waals surface area contributed by atoms with E-state index >= 15 is 0 Å². The number of hydrogen-bond acceptors (Lipinski definition) is 3. The third-order valence-electron chi connectivity index (χ3n) is 2.14. The Morgan fingerprint density at radius 3 is 3.09 bits per heavy atom. The third-order valence-corrected chi connectivity index (χ3v) is 2.14. The fourth-order valence-electron chi connectivity index (χ4n) is 1.48. The van der Waals surface area contributed by atoms with Gasteiger partial charge in [0.25, 0.3) is 0 Å². The normalized spacial score (nSPS) is 23.3. The van der Waals surface area contributed by atoms with Gasteiger partial charge < -0.3 is 9.88 Å². The van der Waals surface area contributed by atoms with Gasteiger partial charge in [0.15, 0.2) is 0 Å². The summed E-state index contributed by atoms with van der Waals surface area (Å²) >= 11 is 0. The lowest BCUT2D eigenvalue weighted by Gasteiger charge is -2.21. The summed E-state index contributed by atoms with van der Waals surface area (Å²) < 4.78 is 2.17. The first-order chi connectivity index (χ1) is 5.29. The summed E-state index contributed by atoms with van der Waals surface area (Å²) in [5.41, 5.74) is 0. The SMILES string of the molecule is Cc1nnc2n1CCNC2C. The molecule has 11 heavy (non-hydrogen) atoms. The highest BCUT2D eigenvalue weighted by Crippen LogP contribution is 2.14. The van der Waals surface area contributed by atoms with Crippen LogP contribution in [0.25, 0.3) is 0 Å². The lowest BCUT2D eigenvalue weighted by Crippen LogP contribution is -2.32. The van der Waals surface area contributed by atoms with Crippen LogP contribution >= 0.6 is 0 Å². The molecule has 2 heterocycles. The van der Waals surface area contributed by atoms with Gasteiger partial charge in [0.2, 0.25) is 0 Å². The van der Waals surface area contributed by atoms with Gasteiger partial charge in [-0.15, -0.1) is 10.2 Å². The fraction of sp³-hybridized carbons (Fsp3) is 0.714. The zero-order valence-electron chi connectivity index (χ0n) is 6.83. The molecule has 60 valence electrons. The van der Waals surface area contributed by atoms with Crippen LogP contribution in [0.2, 0.25) is 0 Å². The van der Waals surface area contributed by atoms with Crippen LogP contribution in [0, 0.1) is 6.92 Å². The Balaban J connectivity index is 2.46. The maximum atomic E-state index is 4.09. The minimum Gasteiger partial charge on any atom is -0.313 e. The van der Waals surface area contributed by atoms with Gasteiger partial charge in [0, 0.05) is 13.1 Å². The molecule has 1 aliphatic heterocycles. The van der Waals surface area contributed by atoms with Crippen LogP contribution in [0.4, 0.5) is 0 Å². The molecule has 2 rings (SSSR count). The van der Waals surface area contributed by atoms with E-state index < -0.39 is 0 Å². The molecule has 0 amide bonds. The first kappa shape index (κ1) is 6.79. The summed E-state index contributed by atoms with van der Waals surface area (Å²) in [6.45, 7) is 6.12. The van der Waals surface area contributed by atoms with E-state index in [2.05, 4.69) is 27.0 Å². The van der Waals surface area contributed by atoms with Gasteiger partial charge in [0.05, 0.1) is 6.04 Å². The molecule has 0 fully saturated rings. The number of nitrogens with one attached hydrogen (secondary N) is 1. The second-order valence-electron chi connectivity index (χ2n) is 2.93. The van der Waals surface area contributed by atoms with E-state index in [9.17, 15) is 0 Å². The van der Waals surface area contributed by atoms with Crippen molar-refractivity contribution in [1.82, 2.24) is 20.1 Å². The molecule has 0 saturated heterocycles. The highest BCUT2D eigenvalue weighted by molar-refractivity contribution is 5.01. The van der Waals surface area contributed by atoms with Crippen LogP contribution < -0.4 is 5.32 Å². The van der Waals surface area contributed by atoms with Crippen LogP contribution in [0.15, 0.2) is 0 Å². The van der Waals surface area contributed by atoms with Crippen molar-refractivity contribution in [2.75, 3.05) is 6.54 Å². The number of fused-ring (bicyclic) bond motifs is 1. The second-order valence-corrected chi connectivity index (χ2v) is 2.93. The average Bonchev–Trinajstić information content (AvgIpc) is 2.35. The molecule has 4 nitrogen and oxygen atoms in total. The van der Waals surface area contributed by atoms with E-state index in [0.717, 1.165) is 24.7 Å². The summed E-state index contributed by atoms with van der Waals surface area (Å²) in [6.07, 6.45) is 0. The lowest BCUT2D eigenvalue weighted by atomic mass is 10.2. The Morgan fingerprint density at radius 1 is 1.55 bits per heavy atom. The highest BCUT2D eigenvalue weighted by atomic mass is 15.3. The molecule has 0 bridgehead atoms. The number of hydrogen-bond donors (Lipinski definition) is 1. The zero-order valence-corrected chi connectivity index (χ0v) is 6.83. The molecular weight excluding hydrogens is 140 g/mol. The number of aromatic nitrogens is 3. The van der Waals surface area contributed by atoms with Crippen molar-refractivity contribution >= 4 is 0 Å². The van der Waals surface area contributed by atoms with E-state index in [1.54, 1.807) is 0 Å². The highest BCUT2D eigenvalue weighted by Gasteiger charge is 2.18. The summed E-state index contributed by atoms with van der Waals surface area (Å²) in [6, 6.07) is 0.352. The molecule has 0 saturated carbocycles. The van der Waals surface area contributed by atoms with Crippen LogP contribution in [0.1, 0.15) is 24.6 Å². The number of rotatable bonds is 0. The van der Waals surface area contributed by atoms with Crippen LogP contribution in [0.3, 0.4) is 0 Å². The first-order valence-electron chi connectivity index (χ1n) is 3.92. The predicted molar refractivity (Wildman–Crippen MR) is 41.2 cm³/mol. The van der Waals surface area contributed by atoms with Crippen molar-refractivity contribution in [2.24, 2.45) is 0 Å². The minimum absolute atomic E-state index is 0.352. The van der Waals surface area contributed by atoms with E-state index in [1.807, 2.05) is 6.92 Å². The second kappa shape index (κ2) is 2.30. The number of nitrogens with zero attached hydrogens (tertiary/aromatic N) is 3. The summed E-state index contributed by atoms with van der Waals surface area (Å²) in [7, 11) is 0. The van der Waals surface area contributed by atoms with Crippen LogP contribution in [0.5, 0.6) is 0 Å². The molecule has 1 unspecified atom stereocenters. The van der Waals surface area contributed by atoms with Crippen molar-refractivity contribution in [3.63, 3.8) is 0 Å². The van der Waals surface area contributed by atoms with Crippen molar-refractivity contribution < 1.29 is 0 Å². The Labute approximate surface area is 65.6 Å². The molecule has 0 radical (unpaired) electrons. The van der Waals surface area contributed by atoms with Gasteiger partial charge in [-0.1, -0.05) is 0 Å². The monoisotopic (exact) mass is 152 g/mol. The molecule has 0 aromatic carbocycles. The Bertz CT molecular complexity index is 265. The molecule has 4 heteroatoms. The molecule has 1 atom stereocenters. The zero-order chi connectivity index (χ0) is 7.84. The van der Waals surface area contributed by atoms with Crippen LogP contribution in [-0.4, -0.2) is 21.3 Å². The molecule has 0 aliphatic carbocycles. The topological polar surface area (TPSA) is 42.7 Å². The average molecular weight is 152 g/mol. The predicted octanol–water partition coefficient (Wildman–Crippen LogP) is 0.251. The van der Waals surface area contributed by atoms with Gasteiger partial charge in [-0.2, -0.15) is 0 Å². The minimum atomic E-state index is 0.352. The first-order valence-corrected chi connectivity index (χ1v) is 3.92. The molecule has 1 aliphatic rings. The lowest BCUT2D eigenvalue weighted by molar-refractivity contribution is 0.432. The largest absolute Gasteiger partial charge is 0.313 e. The Morgan fingerprint density at radius 2 is 2.36 bits per heavy atom. The van der Waals surface area contributed by atoms with E-state index in [0.29, 0.717) is 6.04 Å². The van der Waals surface area contributed by atoms with Crippen molar-refractivity contribution in [2.45, 2.75) is 26.4 Å². The van der Waals surface area contributed by atoms with Crippen molar-refractivity contribution in [1.29, 1.82) is 0 Å². The van der Waals surface area contributed by atoms with Gasteiger partial charge in [-0.05, 0) is 13.8 Å². The van der Waals surface area contributed by atoms with Gasteiger partial charge in [0.1, 0.15) is 11.6 Å².